The van der Waals surface area contributed by atoms with Crippen LogP contribution in [0.3, 0.4) is 0 Å². The molecule has 1 heterocycles. The van der Waals surface area contributed by atoms with Gasteiger partial charge in [-0.25, -0.2) is 14.8 Å². The SMILES string of the molecule is [C-]#[N+]c1ccc(Nc2nc(-c3ccccc3)nc(-c3ccc(C)cc3)c2OC)cc1. The minimum atomic E-state index is 0.563. The largest absolute Gasteiger partial charge is 0.491 e. The number of aromatic nitrogens is 2. The van der Waals surface area contributed by atoms with E-state index in [9.17, 15) is 0 Å². The smallest absolute Gasteiger partial charge is 0.188 e. The van der Waals surface area contributed by atoms with Crippen LogP contribution in [0.5, 0.6) is 5.75 Å². The lowest BCUT2D eigenvalue weighted by molar-refractivity contribution is 0.415. The van der Waals surface area contributed by atoms with Crippen molar-refractivity contribution in [3.05, 3.63) is 95.8 Å². The molecule has 146 valence electrons. The summed E-state index contributed by atoms with van der Waals surface area (Å²) in [5, 5.41) is 3.33. The van der Waals surface area contributed by atoms with E-state index in [0.29, 0.717) is 28.8 Å². The molecule has 1 N–H and O–H groups in total. The molecular formula is C25H20N4O. The van der Waals surface area contributed by atoms with Crippen LogP contribution in [-0.2, 0) is 0 Å². The molecule has 1 aromatic heterocycles. The fourth-order valence-corrected chi connectivity index (χ4v) is 3.11. The molecule has 0 aliphatic heterocycles. The molecule has 0 amide bonds. The highest BCUT2D eigenvalue weighted by Crippen LogP contribution is 2.37. The highest BCUT2D eigenvalue weighted by molar-refractivity contribution is 5.78. The van der Waals surface area contributed by atoms with Gasteiger partial charge < -0.3 is 10.1 Å². The zero-order chi connectivity index (χ0) is 20.9. The van der Waals surface area contributed by atoms with E-state index in [1.807, 2.05) is 54.6 Å². The van der Waals surface area contributed by atoms with Crippen molar-refractivity contribution in [1.82, 2.24) is 9.97 Å². The van der Waals surface area contributed by atoms with E-state index in [1.165, 1.54) is 5.56 Å². The maximum Gasteiger partial charge on any atom is 0.188 e. The van der Waals surface area contributed by atoms with Crippen LogP contribution >= 0.6 is 0 Å². The van der Waals surface area contributed by atoms with Gasteiger partial charge in [-0.3, -0.25) is 0 Å². The number of aryl methyl sites for hydroxylation is 1. The van der Waals surface area contributed by atoms with E-state index in [2.05, 4.69) is 29.2 Å². The number of ether oxygens (including phenoxy) is 1. The van der Waals surface area contributed by atoms with E-state index in [1.54, 1.807) is 19.2 Å². The minimum absolute atomic E-state index is 0.563. The first-order valence-corrected chi connectivity index (χ1v) is 9.51. The monoisotopic (exact) mass is 392 g/mol. The molecule has 0 radical (unpaired) electrons. The Morgan fingerprint density at radius 1 is 0.833 bits per heavy atom. The molecule has 4 rings (SSSR count). The number of hydrogen-bond donors (Lipinski definition) is 1. The van der Waals surface area contributed by atoms with Gasteiger partial charge in [0.05, 0.1) is 13.7 Å². The molecule has 30 heavy (non-hydrogen) atoms. The number of nitrogens with one attached hydrogen (secondary N) is 1. The molecule has 0 saturated carbocycles. The quantitative estimate of drug-likeness (QED) is 0.398. The van der Waals surface area contributed by atoms with E-state index >= 15 is 0 Å². The highest BCUT2D eigenvalue weighted by atomic mass is 16.5. The molecule has 3 aromatic carbocycles. The molecule has 0 atom stereocenters. The van der Waals surface area contributed by atoms with Gasteiger partial charge in [0.1, 0.15) is 5.69 Å². The van der Waals surface area contributed by atoms with Gasteiger partial charge >= 0.3 is 0 Å². The third-order valence-electron chi connectivity index (χ3n) is 4.69. The van der Waals surface area contributed by atoms with Crippen molar-refractivity contribution in [3.8, 4) is 28.4 Å². The fourth-order valence-electron chi connectivity index (χ4n) is 3.11. The van der Waals surface area contributed by atoms with Crippen LogP contribution in [0.25, 0.3) is 27.5 Å². The summed E-state index contributed by atoms with van der Waals surface area (Å²) in [6.45, 7) is 9.18. The second kappa shape index (κ2) is 8.46. The van der Waals surface area contributed by atoms with E-state index in [0.717, 1.165) is 16.8 Å². The first-order chi connectivity index (χ1) is 14.7. The Bertz CT molecular complexity index is 1200. The second-order valence-electron chi connectivity index (χ2n) is 6.79. The second-order valence-corrected chi connectivity index (χ2v) is 6.79. The van der Waals surface area contributed by atoms with E-state index in [-0.39, 0.29) is 0 Å². The Morgan fingerprint density at radius 3 is 2.17 bits per heavy atom. The van der Waals surface area contributed by atoms with Crippen molar-refractivity contribution in [2.45, 2.75) is 6.92 Å². The number of anilines is 2. The molecule has 0 unspecified atom stereocenters. The van der Waals surface area contributed by atoms with Crippen LogP contribution in [0.15, 0.2) is 78.9 Å². The zero-order valence-electron chi connectivity index (χ0n) is 16.8. The van der Waals surface area contributed by atoms with Crippen molar-refractivity contribution in [1.29, 1.82) is 0 Å². The van der Waals surface area contributed by atoms with Crippen LogP contribution in [0.4, 0.5) is 17.2 Å². The third kappa shape index (κ3) is 3.98. The van der Waals surface area contributed by atoms with Crippen molar-refractivity contribution >= 4 is 17.2 Å². The summed E-state index contributed by atoms with van der Waals surface area (Å²) in [5.74, 6) is 1.73. The fraction of sp³-hybridized carbons (Fsp3) is 0.0800. The summed E-state index contributed by atoms with van der Waals surface area (Å²) in [6.07, 6.45) is 0. The lowest BCUT2D eigenvalue weighted by Crippen LogP contribution is -2.04. The van der Waals surface area contributed by atoms with Gasteiger partial charge in [0.15, 0.2) is 23.1 Å². The number of rotatable bonds is 5. The number of nitrogens with zero attached hydrogens (tertiary/aromatic N) is 3. The van der Waals surface area contributed by atoms with E-state index < -0.39 is 0 Å². The van der Waals surface area contributed by atoms with Gasteiger partial charge in [-0.1, -0.05) is 72.3 Å². The highest BCUT2D eigenvalue weighted by Gasteiger charge is 2.18. The average Bonchev–Trinajstić information content (AvgIpc) is 2.80. The van der Waals surface area contributed by atoms with Crippen molar-refractivity contribution < 1.29 is 4.74 Å². The predicted octanol–water partition coefficient (Wildman–Crippen LogP) is 6.42. The zero-order valence-corrected chi connectivity index (χ0v) is 16.8. The van der Waals surface area contributed by atoms with Gasteiger partial charge in [0.25, 0.3) is 0 Å². The summed E-state index contributed by atoms with van der Waals surface area (Å²) >= 11 is 0. The molecule has 0 bridgehead atoms. The maximum atomic E-state index is 7.12. The Morgan fingerprint density at radius 2 is 1.53 bits per heavy atom. The lowest BCUT2D eigenvalue weighted by atomic mass is 10.1. The molecule has 0 saturated heterocycles. The summed E-state index contributed by atoms with van der Waals surface area (Å²) < 4.78 is 5.73. The number of benzene rings is 3. The standard InChI is InChI=1S/C25H20N4O/c1-17-9-11-18(12-10-17)22-23(30-3)25(27-21-15-13-20(26-2)14-16-21)29-24(28-22)19-7-5-4-6-8-19/h4-16H,1,3H3,(H,27,28,29). The average molecular weight is 392 g/mol. The van der Waals surface area contributed by atoms with Gasteiger partial charge in [-0.2, -0.15) is 0 Å². The Labute approximate surface area is 175 Å². The van der Waals surface area contributed by atoms with Crippen LogP contribution in [-0.4, -0.2) is 17.1 Å². The molecule has 0 aliphatic carbocycles. The summed E-state index contributed by atoms with van der Waals surface area (Å²) in [7, 11) is 1.62. The van der Waals surface area contributed by atoms with Gasteiger partial charge in [0, 0.05) is 16.8 Å². The molecule has 0 aliphatic rings. The Hall–Kier alpha value is -4.17. The topological polar surface area (TPSA) is 51.4 Å². The Kier molecular flexibility index (Phi) is 5.40. The maximum absolute atomic E-state index is 7.12. The third-order valence-corrected chi connectivity index (χ3v) is 4.69. The summed E-state index contributed by atoms with van der Waals surface area (Å²) in [5.41, 5.74) is 5.15. The number of methoxy groups -OCH3 is 1. The summed E-state index contributed by atoms with van der Waals surface area (Å²) in [6, 6.07) is 25.2. The molecule has 0 spiro atoms. The van der Waals surface area contributed by atoms with Crippen LogP contribution in [0.2, 0.25) is 0 Å². The van der Waals surface area contributed by atoms with Gasteiger partial charge in [0.2, 0.25) is 0 Å². The first-order valence-electron chi connectivity index (χ1n) is 9.51. The van der Waals surface area contributed by atoms with Crippen LogP contribution < -0.4 is 10.1 Å². The van der Waals surface area contributed by atoms with E-state index in [4.69, 9.17) is 21.3 Å². The number of hydrogen-bond acceptors (Lipinski definition) is 4. The van der Waals surface area contributed by atoms with Gasteiger partial charge in [-0.15, -0.1) is 0 Å². The molecular weight excluding hydrogens is 372 g/mol. The van der Waals surface area contributed by atoms with Crippen LogP contribution in [0.1, 0.15) is 5.56 Å². The van der Waals surface area contributed by atoms with Gasteiger partial charge in [-0.05, 0) is 19.1 Å². The molecule has 5 nitrogen and oxygen atoms in total. The first kappa shape index (κ1) is 19.2. The molecule has 5 heteroatoms. The normalized spacial score (nSPS) is 10.3. The van der Waals surface area contributed by atoms with Crippen molar-refractivity contribution in [3.63, 3.8) is 0 Å². The van der Waals surface area contributed by atoms with Crippen molar-refractivity contribution in [2.24, 2.45) is 0 Å². The van der Waals surface area contributed by atoms with Crippen LogP contribution in [0, 0.1) is 13.5 Å². The Balaban J connectivity index is 1.87. The predicted molar refractivity (Wildman–Crippen MR) is 120 cm³/mol. The minimum Gasteiger partial charge on any atom is -0.491 e. The van der Waals surface area contributed by atoms with Crippen molar-refractivity contribution in [2.75, 3.05) is 12.4 Å². The lowest BCUT2D eigenvalue weighted by Gasteiger charge is -2.16. The summed E-state index contributed by atoms with van der Waals surface area (Å²) in [4.78, 5) is 13.0. The molecule has 4 aromatic rings. The molecule has 0 fully saturated rings.